The average Bonchev–Trinajstić information content (AvgIpc) is 2.48. The van der Waals surface area contributed by atoms with Gasteiger partial charge in [0, 0.05) is 17.8 Å². The zero-order valence-electron chi connectivity index (χ0n) is 6.69. The molecule has 1 aromatic heterocycles. The largest absolute Gasteiger partial charge is 0.550 e. The van der Waals surface area contributed by atoms with Gasteiger partial charge in [0.25, 0.3) is 0 Å². The SMILES string of the molecule is O=C([O-])Cc1noc2ccccc12. The second-order valence-corrected chi connectivity index (χ2v) is 2.67. The maximum absolute atomic E-state index is 10.3. The number of hydrogen-bond donors (Lipinski definition) is 0. The van der Waals surface area contributed by atoms with Gasteiger partial charge in [0.1, 0.15) is 0 Å². The van der Waals surface area contributed by atoms with Gasteiger partial charge in [-0.15, -0.1) is 0 Å². The van der Waals surface area contributed by atoms with Gasteiger partial charge in [-0.05, 0) is 12.1 Å². The number of aromatic nitrogens is 1. The summed E-state index contributed by atoms with van der Waals surface area (Å²) >= 11 is 0. The van der Waals surface area contributed by atoms with Crippen LogP contribution in [0, 0.1) is 0 Å². The van der Waals surface area contributed by atoms with Crippen molar-refractivity contribution < 1.29 is 14.4 Å². The zero-order valence-corrected chi connectivity index (χ0v) is 6.69. The third-order valence-electron chi connectivity index (χ3n) is 1.76. The van der Waals surface area contributed by atoms with Crippen molar-refractivity contribution in [2.24, 2.45) is 0 Å². The van der Waals surface area contributed by atoms with Gasteiger partial charge in [0.05, 0.1) is 5.69 Å². The summed E-state index contributed by atoms with van der Waals surface area (Å²) in [6.45, 7) is 0. The van der Waals surface area contributed by atoms with Crippen LogP contribution >= 0.6 is 0 Å². The van der Waals surface area contributed by atoms with Gasteiger partial charge in [0.2, 0.25) is 0 Å². The molecule has 0 saturated heterocycles. The van der Waals surface area contributed by atoms with E-state index in [-0.39, 0.29) is 6.42 Å². The lowest BCUT2D eigenvalue weighted by molar-refractivity contribution is -0.304. The second kappa shape index (κ2) is 2.90. The predicted molar refractivity (Wildman–Crippen MR) is 42.7 cm³/mol. The summed E-state index contributed by atoms with van der Waals surface area (Å²) in [7, 11) is 0. The third kappa shape index (κ3) is 1.38. The Morgan fingerprint density at radius 1 is 1.46 bits per heavy atom. The van der Waals surface area contributed by atoms with E-state index in [2.05, 4.69) is 5.16 Å². The number of carbonyl (C=O) groups excluding carboxylic acids is 1. The molecule has 0 saturated carbocycles. The molecule has 0 N–H and O–H groups in total. The zero-order chi connectivity index (χ0) is 9.26. The summed E-state index contributed by atoms with van der Waals surface area (Å²) in [5, 5.41) is 14.7. The molecule has 0 unspecified atom stereocenters. The topological polar surface area (TPSA) is 66.2 Å². The van der Waals surface area contributed by atoms with Crippen LogP contribution in [0.5, 0.6) is 0 Å². The summed E-state index contributed by atoms with van der Waals surface area (Å²) in [4.78, 5) is 10.3. The van der Waals surface area contributed by atoms with Crippen molar-refractivity contribution in [3.05, 3.63) is 30.0 Å². The number of rotatable bonds is 2. The van der Waals surface area contributed by atoms with Gasteiger partial charge in [0.15, 0.2) is 5.58 Å². The smallest absolute Gasteiger partial charge is 0.167 e. The minimum atomic E-state index is -1.15. The van der Waals surface area contributed by atoms with Crippen LogP contribution < -0.4 is 5.11 Å². The first-order valence-corrected chi connectivity index (χ1v) is 3.80. The number of fused-ring (bicyclic) bond motifs is 1. The van der Waals surface area contributed by atoms with Crippen LogP contribution in [0.4, 0.5) is 0 Å². The molecule has 66 valence electrons. The fourth-order valence-corrected chi connectivity index (χ4v) is 1.20. The van der Waals surface area contributed by atoms with Crippen molar-refractivity contribution in [3.63, 3.8) is 0 Å². The highest BCUT2D eigenvalue weighted by Gasteiger charge is 2.06. The number of para-hydroxylation sites is 1. The molecule has 4 nitrogen and oxygen atoms in total. The van der Waals surface area contributed by atoms with Gasteiger partial charge in [-0.2, -0.15) is 0 Å². The van der Waals surface area contributed by atoms with Gasteiger partial charge in [-0.1, -0.05) is 17.3 Å². The third-order valence-corrected chi connectivity index (χ3v) is 1.76. The minimum absolute atomic E-state index is 0.211. The van der Waals surface area contributed by atoms with Crippen molar-refractivity contribution >= 4 is 16.9 Å². The number of carbonyl (C=O) groups is 1. The Labute approximate surface area is 73.8 Å². The van der Waals surface area contributed by atoms with E-state index in [4.69, 9.17) is 4.52 Å². The van der Waals surface area contributed by atoms with E-state index in [0.717, 1.165) is 5.39 Å². The fourth-order valence-electron chi connectivity index (χ4n) is 1.20. The molecule has 0 radical (unpaired) electrons. The van der Waals surface area contributed by atoms with Crippen LogP contribution in [0.25, 0.3) is 11.0 Å². The number of carboxylic acid groups (broad SMARTS) is 1. The summed E-state index contributed by atoms with van der Waals surface area (Å²) < 4.78 is 4.91. The highest BCUT2D eigenvalue weighted by Crippen LogP contribution is 2.17. The van der Waals surface area contributed by atoms with Crippen LogP contribution in [-0.2, 0) is 11.2 Å². The molecule has 2 rings (SSSR count). The van der Waals surface area contributed by atoms with Gasteiger partial charge in [-0.25, -0.2) is 0 Å². The molecule has 4 heteroatoms. The van der Waals surface area contributed by atoms with E-state index in [0.29, 0.717) is 11.3 Å². The number of hydrogen-bond acceptors (Lipinski definition) is 4. The van der Waals surface area contributed by atoms with Crippen molar-refractivity contribution in [2.45, 2.75) is 6.42 Å². The Bertz CT molecular complexity index is 447. The standard InChI is InChI=1S/C9H7NO3/c11-9(12)5-7-6-3-1-2-4-8(6)13-10-7/h1-4H,5H2,(H,11,12)/p-1. The molecule has 13 heavy (non-hydrogen) atoms. The lowest BCUT2D eigenvalue weighted by Gasteiger charge is -1.96. The van der Waals surface area contributed by atoms with Crippen LogP contribution in [0.15, 0.2) is 28.8 Å². The lowest BCUT2D eigenvalue weighted by Crippen LogP contribution is -2.24. The maximum Gasteiger partial charge on any atom is 0.167 e. The highest BCUT2D eigenvalue weighted by atomic mass is 16.5. The first kappa shape index (κ1) is 7.79. The molecule has 0 spiro atoms. The van der Waals surface area contributed by atoms with E-state index >= 15 is 0 Å². The molecule has 0 fully saturated rings. The average molecular weight is 176 g/mol. The van der Waals surface area contributed by atoms with E-state index < -0.39 is 5.97 Å². The van der Waals surface area contributed by atoms with Gasteiger partial charge < -0.3 is 14.4 Å². The van der Waals surface area contributed by atoms with E-state index in [9.17, 15) is 9.90 Å². The Balaban J connectivity index is 2.51. The molecule has 0 aliphatic heterocycles. The molecule has 0 aliphatic rings. The van der Waals surface area contributed by atoms with Crippen LogP contribution in [-0.4, -0.2) is 11.1 Å². The maximum atomic E-state index is 10.3. The van der Waals surface area contributed by atoms with Gasteiger partial charge >= 0.3 is 0 Å². The summed E-state index contributed by atoms with van der Waals surface area (Å²) in [6.07, 6.45) is -0.211. The second-order valence-electron chi connectivity index (χ2n) is 2.67. The Morgan fingerprint density at radius 3 is 3.00 bits per heavy atom. The van der Waals surface area contributed by atoms with Crippen molar-refractivity contribution in [1.29, 1.82) is 0 Å². The number of carboxylic acids is 1. The summed E-state index contributed by atoms with van der Waals surface area (Å²) in [6, 6.07) is 7.11. The first-order valence-electron chi connectivity index (χ1n) is 3.80. The van der Waals surface area contributed by atoms with Crippen LogP contribution in [0.2, 0.25) is 0 Å². The van der Waals surface area contributed by atoms with Crippen LogP contribution in [0.3, 0.4) is 0 Å². The molecule has 2 aromatic rings. The Hall–Kier alpha value is -1.84. The quantitative estimate of drug-likeness (QED) is 0.651. The lowest BCUT2D eigenvalue weighted by atomic mass is 10.2. The molecule has 1 aromatic carbocycles. The number of nitrogens with zero attached hydrogens (tertiary/aromatic N) is 1. The highest BCUT2D eigenvalue weighted by molar-refractivity contribution is 5.82. The van der Waals surface area contributed by atoms with E-state index in [1.54, 1.807) is 24.3 Å². The molecular formula is C9H6NO3-. The molecular weight excluding hydrogens is 170 g/mol. The Kier molecular flexibility index (Phi) is 1.73. The summed E-state index contributed by atoms with van der Waals surface area (Å²) in [5.74, 6) is -1.15. The van der Waals surface area contributed by atoms with Crippen molar-refractivity contribution in [1.82, 2.24) is 5.16 Å². The molecule has 0 bridgehead atoms. The monoisotopic (exact) mass is 176 g/mol. The number of aliphatic carboxylic acids is 1. The van der Waals surface area contributed by atoms with Crippen LogP contribution in [0.1, 0.15) is 5.69 Å². The fraction of sp³-hybridized carbons (Fsp3) is 0.111. The van der Waals surface area contributed by atoms with E-state index in [1.807, 2.05) is 0 Å². The predicted octanol–water partition coefficient (Wildman–Crippen LogP) is 0.120. The summed E-state index contributed by atoms with van der Waals surface area (Å²) in [5.41, 5.74) is 1.01. The van der Waals surface area contributed by atoms with E-state index in [1.165, 1.54) is 0 Å². The molecule has 0 amide bonds. The van der Waals surface area contributed by atoms with Gasteiger partial charge in [-0.3, -0.25) is 0 Å². The molecule has 0 atom stereocenters. The number of benzene rings is 1. The molecule has 1 heterocycles. The van der Waals surface area contributed by atoms with Crippen molar-refractivity contribution in [2.75, 3.05) is 0 Å². The normalized spacial score (nSPS) is 10.5. The molecule has 0 aliphatic carbocycles. The van der Waals surface area contributed by atoms with Crippen molar-refractivity contribution in [3.8, 4) is 0 Å². The minimum Gasteiger partial charge on any atom is -0.550 e. The first-order chi connectivity index (χ1) is 6.27. The Morgan fingerprint density at radius 2 is 2.23 bits per heavy atom.